The third kappa shape index (κ3) is 4.47. The molecule has 0 saturated carbocycles. The number of hydrogen-bond donors (Lipinski definition) is 0. The largest absolute Gasteiger partial charge is 0.335 e. The lowest BCUT2D eigenvalue weighted by Gasteiger charge is -2.36. The van der Waals surface area contributed by atoms with Crippen molar-refractivity contribution >= 4 is 5.91 Å². The number of carbonyl (C=O) groups excluding carboxylic acids is 1. The first-order valence-electron chi connectivity index (χ1n) is 10.2. The maximum absolute atomic E-state index is 13.2. The molecular formula is C22H35N3O. The van der Waals surface area contributed by atoms with Gasteiger partial charge in [-0.2, -0.15) is 0 Å². The molecule has 0 aromatic heterocycles. The minimum Gasteiger partial charge on any atom is -0.335 e. The fourth-order valence-electron chi connectivity index (χ4n) is 4.48. The molecule has 4 heteroatoms. The van der Waals surface area contributed by atoms with E-state index in [0.29, 0.717) is 11.9 Å². The van der Waals surface area contributed by atoms with Gasteiger partial charge in [0.15, 0.2) is 0 Å². The van der Waals surface area contributed by atoms with Crippen molar-refractivity contribution in [2.75, 3.05) is 33.7 Å². The van der Waals surface area contributed by atoms with Gasteiger partial charge in [0.1, 0.15) is 0 Å². The van der Waals surface area contributed by atoms with Crippen LogP contribution in [0, 0.1) is 5.92 Å². The molecule has 1 atom stereocenters. The molecule has 2 saturated heterocycles. The summed E-state index contributed by atoms with van der Waals surface area (Å²) < 4.78 is 0. The Kier molecular flexibility index (Phi) is 6.36. The fraction of sp³-hybridized carbons (Fsp3) is 0.682. The van der Waals surface area contributed by atoms with E-state index in [1.165, 1.54) is 11.1 Å². The van der Waals surface area contributed by atoms with Crippen molar-refractivity contribution in [3.05, 3.63) is 35.4 Å². The molecule has 4 nitrogen and oxygen atoms in total. The van der Waals surface area contributed by atoms with Gasteiger partial charge in [-0.3, -0.25) is 4.79 Å². The lowest BCUT2D eigenvalue weighted by Crippen LogP contribution is -2.44. The molecule has 2 aliphatic rings. The van der Waals surface area contributed by atoms with Gasteiger partial charge in [0, 0.05) is 25.0 Å². The van der Waals surface area contributed by atoms with Crippen molar-refractivity contribution in [3.8, 4) is 0 Å². The fourth-order valence-corrected chi connectivity index (χ4v) is 4.48. The van der Waals surface area contributed by atoms with Crippen molar-refractivity contribution in [2.45, 2.75) is 58.2 Å². The van der Waals surface area contributed by atoms with Crippen LogP contribution < -0.4 is 0 Å². The lowest BCUT2D eigenvalue weighted by atomic mass is 9.93. The zero-order valence-corrected chi connectivity index (χ0v) is 16.9. The van der Waals surface area contributed by atoms with E-state index in [1.807, 2.05) is 0 Å². The summed E-state index contributed by atoms with van der Waals surface area (Å²) in [6.07, 6.45) is 4.26. The molecule has 1 aromatic carbocycles. The number of nitrogens with zero attached hydrogens (tertiary/aromatic N) is 3. The molecule has 2 heterocycles. The molecule has 0 radical (unpaired) electrons. The maximum Gasteiger partial charge on any atom is 0.226 e. The molecular weight excluding hydrogens is 322 g/mol. The highest BCUT2D eigenvalue weighted by molar-refractivity contribution is 5.79. The van der Waals surface area contributed by atoms with E-state index in [9.17, 15) is 4.79 Å². The number of rotatable bonds is 5. The SMILES string of the molecule is CC(C)N1CCC(C(=O)N2CCCC2c2ccc(CN(C)C)cc2)CC1. The Morgan fingerprint density at radius 2 is 1.73 bits per heavy atom. The van der Waals surface area contributed by atoms with Crippen molar-refractivity contribution in [3.63, 3.8) is 0 Å². The minimum absolute atomic E-state index is 0.221. The van der Waals surface area contributed by atoms with Crippen LogP contribution in [0.2, 0.25) is 0 Å². The molecule has 0 bridgehead atoms. The monoisotopic (exact) mass is 357 g/mol. The van der Waals surface area contributed by atoms with Gasteiger partial charge in [-0.15, -0.1) is 0 Å². The smallest absolute Gasteiger partial charge is 0.226 e. The van der Waals surface area contributed by atoms with Crippen LogP contribution in [0.1, 0.15) is 56.7 Å². The Hall–Kier alpha value is -1.39. The normalized spacial score (nSPS) is 22.5. The molecule has 0 N–H and O–H groups in total. The minimum atomic E-state index is 0.221. The predicted molar refractivity (Wildman–Crippen MR) is 107 cm³/mol. The van der Waals surface area contributed by atoms with Gasteiger partial charge >= 0.3 is 0 Å². The van der Waals surface area contributed by atoms with E-state index < -0.39 is 0 Å². The topological polar surface area (TPSA) is 26.8 Å². The van der Waals surface area contributed by atoms with E-state index in [-0.39, 0.29) is 12.0 Å². The summed E-state index contributed by atoms with van der Waals surface area (Å²) in [4.78, 5) is 20.0. The van der Waals surface area contributed by atoms with Crippen LogP contribution in [0.25, 0.3) is 0 Å². The Labute approximate surface area is 159 Å². The first kappa shape index (κ1) is 19.4. The number of piperidine rings is 1. The molecule has 1 unspecified atom stereocenters. The molecule has 2 fully saturated rings. The van der Waals surface area contributed by atoms with Gasteiger partial charge in [-0.05, 0) is 77.8 Å². The summed E-state index contributed by atoms with van der Waals surface area (Å²) in [6, 6.07) is 9.77. The van der Waals surface area contributed by atoms with E-state index in [1.54, 1.807) is 0 Å². The van der Waals surface area contributed by atoms with E-state index in [0.717, 1.165) is 51.9 Å². The van der Waals surface area contributed by atoms with Crippen LogP contribution in [0.15, 0.2) is 24.3 Å². The quantitative estimate of drug-likeness (QED) is 0.806. The van der Waals surface area contributed by atoms with Crippen LogP contribution in [0.4, 0.5) is 0 Å². The molecule has 1 amide bonds. The average Bonchev–Trinajstić information content (AvgIpc) is 3.11. The second-order valence-electron chi connectivity index (χ2n) is 8.57. The van der Waals surface area contributed by atoms with Crippen LogP contribution >= 0.6 is 0 Å². The molecule has 0 spiro atoms. The van der Waals surface area contributed by atoms with Crippen molar-refractivity contribution < 1.29 is 4.79 Å². The summed E-state index contributed by atoms with van der Waals surface area (Å²) >= 11 is 0. The van der Waals surface area contributed by atoms with E-state index in [2.05, 4.69) is 66.9 Å². The van der Waals surface area contributed by atoms with Gasteiger partial charge < -0.3 is 14.7 Å². The maximum atomic E-state index is 13.2. The molecule has 144 valence electrons. The number of benzene rings is 1. The highest BCUT2D eigenvalue weighted by Crippen LogP contribution is 2.35. The Bertz CT molecular complexity index is 588. The zero-order valence-electron chi connectivity index (χ0n) is 16.9. The first-order chi connectivity index (χ1) is 12.5. The summed E-state index contributed by atoms with van der Waals surface area (Å²) in [5, 5.41) is 0. The predicted octanol–water partition coefficient (Wildman–Crippen LogP) is 3.53. The van der Waals surface area contributed by atoms with Crippen LogP contribution in [0.3, 0.4) is 0 Å². The number of likely N-dealkylation sites (tertiary alicyclic amines) is 2. The van der Waals surface area contributed by atoms with Crippen molar-refractivity contribution in [1.29, 1.82) is 0 Å². The molecule has 2 aliphatic heterocycles. The zero-order chi connectivity index (χ0) is 18.7. The van der Waals surface area contributed by atoms with E-state index >= 15 is 0 Å². The lowest BCUT2D eigenvalue weighted by molar-refractivity contribution is -0.138. The summed E-state index contributed by atoms with van der Waals surface area (Å²) in [5.74, 6) is 0.617. The molecule has 1 aromatic rings. The van der Waals surface area contributed by atoms with Gasteiger partial charge in [0.25, 0.3) is 0 Å². The van der Waals surface area contributed by atoms with Crippen molar-refractivity contribution in [2.24, 2.45) is 5.92 Å². The molecule has 3 rings (SSSR count). The molecule has 26 heavy (non-hydrogen) atoms. The van der Waals surface area contributed by atoms with E-state index in [4.69, 9.17) is 0 Å². The second-order valence-corrected chi connectivity index (χ2v) is 8.57. The first-order valence-corrected chi connectivity index (χ1v) is 10.2. The number of hydrogen-bond acceptors (Lipinski definition) is 3. The van der Waals surface area contributed by atoms with Crippen molar-refractivity contribution in [1.82, 2.24) is 14.7 Å². The van der Waals surface area contributed by atoms with Gasteiger partial charge in [0.2, 0.25) is 5.91 Å². The highest BCUT2D eigenvalue weighted by Gasteiger charge is 2.35. The van der Waals surface area contributed by atoms with Gasteiger partial charge in [0.05, 0.1) is 6.04 Å². The third-order valence-corrected chi connectivity index (χ3v) is 6.01. The van der Waals surface area contributed by atoms with Gasteiger partial charge in [-0.25, -0.2) is 0 Å². The van der Waals surface area contributed by atoms with Crippen LogP contribution in [-0.4, -0.2) is 60.4 Å². The Balaban J connectivity index is 1.63. The summed E-state index contributed by atoms with van der Waals surface area (Å²) in [6.45, 7) is 8.50. The summed E-state index contributed by atoms with van der Waals surface area (Å²) in [7, 11) is 4.19. The number of amides is 1. The standard InChI is InChI=1S/C22H35N3O/c1-17(2)24-14-11-20(12-15-24)22(26)25-13-5-6-21(25)19-9-7-18(8-10-19)16-23(3)4/h7-10,17,20-21H,5-6,11-16H2,1-4H3. The Morgan fingerprint density at radius 3 is 2.31 bits per heavy atom. The number of carbonyl (C=O) groups is 1. The molecule has 0 aliphatic carbocycles. The second kappa shape index (κ2) is 8.53. The summed E-state index contributed by atoms with van der Waals surface area (Å²) in [5.41, 5.74) is 2.63. The van der Waals surface area contributed by atoms with Crippen LogP contribution in [-0.2, 0) is 11.3 Å². The third-order valence-electron chi connectivity index (χ3n) is 6.01. The van der Waals surface area contributed by atoms with Crippen LogP contribution in [0.5, 0.6) is 0 Å². The Morgan fingerprint density at radius 1 is 1.08 bits per heavy atom. The highest BCUT2D eigenvalue weighted by atomic mass is 16.2. The average molecular weight is 358 g/mol. The van der Waals surface area contributed by atoms with Gasteiger partial charge in [-0.1, -0.05) is 24.3 Å².